The Balaban J connectivity index is 0.960. The summed E-state index contributed by atoms with van der Waals surface area (Å²) in [4.78, 5) is 25.6. The molecule has 2 heterocycles. The summed E-state index contributed by atoms with van der Waals surface area (Å²) in [5.74, 6) is 4.89. The molecule has 7 rings (SSSR count). The molecular formula is C37H34O10. The first-order valence-corrected chi connectivity index (χ1v) is 15.5. The number of benzene rings is 4. The molecule has 0 N–H and O–H groups in total. The smallest absolute Gasteiger partial charge is 0.231 e. The van der Waals surface area contributed by atoms with Crippen LogP contribution in [0.25, 0.3) is 0 Å². The Kier molecular flexibility index (Phi) is 8.48. The summed E-state index contributed by atoms with van der Waals surface area (Å²) in [7, 11) is 3.20. The second-order valence-electron chi connectivity index (χ2n) is 11.6. The van der Waals surface area contributed by atoms with E-state index in [1.54, 1.807) is 50.6 Å². The lowest BCUT2D eigenvalue weighted by atomic mass is 9.92. The Hall–Kier alpha value is -5.38. The van der Waals surface area contributed by atoms with Crippen molar-refractivity contribution in [2.24, 2.45) is 0 Å². The Labute approximate surface area is 272 Å². The molecule has 2 atom stereocenters. The van der Waals surface area contributed by atoms with Crippen molar-refractivity contribution in [1.29, 1.82) is 0 Å². The maximum absolute atomic E-state index is 12.8. The molecule has 2 aliphatic heterocycles. The molecule has 0 radical (unpaired) electrons. The van der Waals surface area contributed by atoms with E-state index >= 15 is 0 Å². The summed E-state index contributed by atoms with van der Waals surface area (Å²) in [6.45, 7) is 0.0421. The minimum Gasteiger partial charge on any atom is -0.493 e. The Morgan fingerprint density at radius 3 is 1.47 bits per heavy atom. The van der Waals surface area contributed by atoms with Crippen molar-refractivity contribution in [1.82, 2.24) is 0 Å². The maximum atomic E-state index is 12.8. The summed E-state index contributed by atoms with van der Waals surface area (Å²) in [6.07, 6.45) is 2.99. The first kappa shape index (κ1) is 30.3. The lowest BCUT2D eigenvalue weighted by molar-refractivity contribution is 0.0912. The van der Waals surface area contributed by atoms with Gasteiger partial charge in [0, 0.05) is 11.1 Å². The number of methoxy groups -OCH3 is 2. The predicted octanol–water partition coefficient (Wildman–Crippen LogP) is 6.74. The van der Waals surface area contributed by atoms with Crippen LogP contribution in [-0.4, -0.2) is 52.6 Å². The van der Waals surface area contributed by atoms with Gasteiger partial charge in [0.2, 0.25) is 13.6 Å². The van der Waals surface area contributed by atoms with E-state index in [0.29, 0.717) is 69.0 Å². The summed E-state index contributed by atoms with van der Waals surface area (Å²) in [5.41, 5.74) is 3.31. The Morgan fingerprint density at radius 1 is 0.574 bits per heavy atom. The standard InChI is InChI=1S/C37H34O10/c1-40-34-14-24(5-9-30(34)42-18-28(38)26-7-11-32-36(16-26)46-20-44-32)22-3-4-23(13-22)25-6-10-31(35(15-25)41-2)43-19-29(39)27-8-12-33-37(17-27)47-21-45-33/h5-12,14-17,22-23H,3-4,13,18-21H2,1-2H3/t22-,23?/m0/s1. The quantitative estimate of drug-likeness (QED) is 0.155. The van der Waals surface area contributed by atoms with E-state index < -0.39 is 0 Å². The lowest BCUT2D eigenvalue weighted by Crippen LogP contribution is -2.12. The van der Waals surface area contributed by atoms with Crippen molar-refractivity contribution in [3.63, 3.8) is 0 Å². The molecule has 3 aliphatic rings. The van der Waals surface area contributed by atoms with Crippen molar-refractivity contribution >= 4 is 11.6 Å². The normalized spacial score (nSPS) is 17.3. The summed E-state index contributed by atoms with van der Waals surface area (Å²) in [5, 5.41) is 0. The molecule has 0 aromatic heterocycles. The number of hydrogen-bond acceptors (Lipinski definition) is 10. The van der Waals surface area contributed by atoms with E-state index in [2.05, 4.69) is 0 Å². The van der Waals surface area contributed by atoms with Gasteiger partial charge in [-0.3, -0.25) is 9.59 Å². The molecule has 47 heavy (non-hydrogen) atoms. The van der Waals surface area contributed by atoms with Crippen molar-refractivity contribution in [3.05, 3.63) is 95.1 Å². The van der Waals surface area contributed by atoms with Gasteiger partial charge in [0.05, 0.1) is 14.2 Å². The van der Waals surface area contributed by atoms with Gasteiger partial charge in [-0.25, -0.2) is 0 Å². The molecule has 1 fully saturated rings. The van der Waals surface area contributed by atoms with Crippen molar-refractivity contribution in [2.45, 2.75) is 31.1 Å². The SMILES string of the molecule is COc1cc(C2CC[C@H](c3ccc(OCC(=O)c4ccc5c(c4)OCO5)c(OC)c3)C2)ccc1OCC(=O)c1ccc2c(c1)OCO2. The van der Waals surface area contributed by atoms with Crippen molar-refractivity contribution in [2.75, 3.05) is 41.0 Å². The predicted molar refractivity (Wildman–Crippen MR) is 170 cm³/mol. The van der Waals surface area contributed by atoms with Crippen LogP contribution >= 0.6 is 0 Å². The number of ether oxygens (including phenoxy) is 8. The molecule has 1 aliphatic carbocycles. The Morgan fingerprint density at radius 2 is 1.02 bits per heavy atom. The second-order valence-corrected chi connectivity index (χ2v) is 11.6. The number of fused-ring (bicyclic) bond motifs is 2. The van der Waals surface area contributed by atoms with E-state index in [-0.39, 0.29) is 38.4 Å². The molecule has 0 amide bonds. The summed E-state index contributed by atoms with van der Waals surface area (Å²) < 4.78 is 44.5. The van der Waals surface area contributed by atoms with Gasteiger partial charge in [-0.05, 0) is 103 Å². The second kappa shape index (κ2) is 13.2. The average molecular weight is 639 g/mol. The van der Waals surface area contributed by atoms with Crippen LogP contribution in [0.2, 0.25) is 0 Å². The molecule has 10 nitrogen and oxygen atoms in total. The lowest BCUT2D eigenvalue weighted by Gasteiger charge is -2.17. The van der Waals surface area contributed by atoms with Gasteiger partial charge in [-0.15, -0.1) is 0 Å². The van der Waals surface area contributed by atoms with Crippen LogP contribution in [0.1, 0.15) is 62.9 Å². The van der Waals surface area contributed by atoms with Crippen LogP contribution in [0.5, 0.6) is 46.0 Å². The minimum atomic E-state index is -0.170. The number of carbonyl (C=O) groups excluding carboxylic acids is 2. The summed E-state index contributed by atoms with van der Waals surface area (Å²) in [6, 6.07) is 22.0. The van der Waals surface area contributed by atoms with Gasteiger partial charge < -0.3 is 37.9 Å². The van der Waals surface area contributed by atoms with Crippen LogP contribution in [0.15, 0.2) is 72.8 Å². The number of rotatable bonds is 12. The van der Waals surface area contributed by atoms with Crippen LogP contribution in [0, 0.1) is 0 Å². The van der Waals surface area contributed by atoms with Crippen LogP contribution in [0.3, 0.4) is 0 Å². The van der Waals surface area contributed by atoms with Gasteiger partial charge in [-0.1, -0.05) is 12.1 Å². The van der Waals surface area contributed by atoms with E-state index in [1.165, 1.54) is 0 Å². The van der Waals surface area contributed by atoms with Gasteiger partial charge >= 0.3 is 0 Å². The van der Waals surface area contributed by atoms with Crippen molar-refractivity contribution < 1.29 is 47.5 Å². The molecule has 4 aromatic carbocycles. The first-order valence-electron chi connectivity index (χ1n) is 15.5. The first-order chi connectivity index (χ1) is 23.0. The van der Waals surface area contributed by atoms with Gasteiger partial charge in [-0.2, -0.15) is 0 Å². The van der Waals surface area contributed by atoms with E-state index in [9.17, 15) is 9.59 Å². The minimum absolute atomic E-state index is 0.130. The van der Waals surface area contributed by atoms with Crippen LogP contribution < -0.4 is 37.9 Å². The summed E-state index contributed by atoms with van der Waals surface area (Å²) >= 11 is 0. The zero-order valence-electron chi connectivity index (χ0n) is 26.1. The number of hydrogen-bond donors (Lipinski definition) is 0. The van der Waals surface area contributed by atoms with Gasteiger partial charge in [0.25, 0.3) is 0 Å². The van der Waals surface area contributed by atoms with Crippen LogP contribution in [-0.2, 0) is 0 Å². The third-order valence-electron chi connectivity index (χ3n) is 8.86. The van der Waals surface area contributed by atoms with Crippen molar-refractivity contribution in [3.8, 4) is 46.0 Å². The molecule has 1 saturated carbocycles. The molecule has 0 spiro atoms. The van der Waals surface area contributed by atoms with Gasteiger partial charge in [0.1, 0.15) is 0 Å². The molecule has 1 unspecified atom stereocenters. The molecule has 10 heteroatoms. The third-order valence-corrected chi connectivity index (χ3v) is 8.86. The van der Waals surface area contributed by atoms with E-state index in [0.717, 1.165) is 30.4 Å². The molecule has 0 bridgehead atoms. The topological polar surface area (TPSA) is 108 Å². The highest BCUT2D eigenvalue weighted by Gasteiger charge is 2.29. The molecule has 4 aromatic rings. The number of ketones is 2. The highest BCUT2D eigenvalue weighted by Crippen LogP contribution is 2.46. The fourth-order valence-electron chi connectivity index (χ4n) is 6.29. The fraction of sp³-hybridized carbons (Fsp3) is 0.297. The average Bonchev–Trinajstić information content (AvgIpc) is 3.90. The highest BCUT2D eigenvalue weighted by atomic mass is 16.7. The molecule has 0 saturated heterocycles. The molecule has 242 valence electrons. The third kappa shape index (κ3) is 6.36. The Bertz CT molecular complexity index is 1680. The number of carbonyl (C=O) groups is 2. The highest BCUT2D eigenvalue weighted by molar-refractivity contribution is 5.98. The molecular weight excluding hydrogens is 604 g/mol. The zero-order chi connectivity index (χ0) is 32.3. The monoisotopic (exact) mass is 638 g/mol. The van der Waals surface area contributed by atoms with Crippen LogP contribution in [0.4, 0.5) is 0 Å². The maximum Gasteiger partial charge on any atom is 0.231 e. The largest absolute Gasteiger partial charge is 0.493 e. The van der Waals surface area contributed by atoms with E-state index in [1.807, 2.05) is 36.4 Å². The number of Topliss-reactive ketones (excluding diaryl/α,β-unsaturated/α-hetero) is 2. The van der Waals surface area contributed by atoms with Gasteiger partial charge in [0.15, 0.2) is 70.8 Å². The van der Waals surface area contributed by atoms with E-state index in [4.69, 9.17) is 37.9 Å². The fourth-order valence-corrected chi connectivity index (χ4v) is 6.29. The zero-order valence-corrected chi connectivity index (χ0v) is 26.1.